The Labute approximate surface area is 136 Å². The molecule has 1 atom stereocenters. The Morgan fingerprint density at radius 3 is 2.70 bits per heavy atom. The van der Waals surface area contributed by atoms with Gasteiger partial charge in [0.05, 0.1) is 0 Å². The van der Waals surface area contributed by atoms with Crippen LogP contribution in [-0.4, -0.2) is 16.9 Å². The maximum absolute atomic E-state index is 12.4. The molecule has 3 heteroatoms. The van der Waals surface area contributed by atoms with Gasteiger partial charge in [-0.25, -0.2) is 0 Å². The number of hydrogen-bond acceptors (Lipinski definition) is 1. The number of carbonyl (C=O) groups excluding carboxylic acids is 1. The maximum atomic E-state index is 12.4. The smallest absolute Gasteiger partial charge is 0.267 e. The lowest BCUT2D eigenvalue weighted by Crippen LogP contribution is -2.33. The predicted octanol–water partition coefficient (Wildman–Crippen LogP) is 4.23. The lowest BCUT2D eigenvalue weighted by atomic mass is 10.1. The molecule has 0 aliphatic carbocycles. The Bertz CT molecular complexity index is 805. The quantitative estimate of drug-likeness (QED) is 0.728. The number of benzene rings is 2. The molecule has 0 saturated carbocycles. The third-order valence-corrected chi connectivity index (χ3v) is 4.11. The van der Waals surface area contributed by atoms with Gasteiger partial charge in [0.15, 0.2) is 0 Å². The van der Waals surface area contributed by atoms with Crippen molar-refractivity contribution in [1.82, 2.24) is 10.3 Å². The van der Waals surface area contributed by atoms with Crippen LogP contribution in [0.15, 0.2) is 54.6 Å². The van der Waals surface area contributed by atoms with E-state index in [9.17, 15) is 4.79 Å². The van der Waals surface area contributed by atoms with Crippen molar-refractivity contribution in [1.29, 1.82) is 0 Å². The van der Waals surface area contributed by atoms with E-state index in [4.69, 9.17) is 0 Å². The van der Waals surface area contributed by atoms with Gasteiger partial charge in [-0.1, -0.05) is 42.0 Å². The van der Waals surface area contributed by atoms with E-state index >= 15 is 0 Å². The van der Waals surface area contributed by atoms with Crippen molar-refractivity contribution < 1.29 is 4.79 Å². The summed E-state index contributed by atoms with van der Waals surface area (Å²) in [6, 6.07) is 18.5. The number of aromatic amines is 1. The molecule has 1 unspecified atom stereocenters. The van der Waals surface area contributed by atoms with E-state index in [1.54, 1.807) is 0 Å². The number of nitrogens with one attached hydrogen (secondary N) is 2. The second-order valence-electron chi connectivity index (χ2n) is 6.17. The van der Waals surface area contributed by atoms with Gasteiger partial charge in [-0.2, -0.15) is 0 Å². The molecular formula is C20H22N2O. The van der Waals surface area contributed by atoms with E-state index in [1.807, 2.05) is 43.3 Å². The van der Waals surface area contributed by atoms with E-state index in [0.29, 0.717) is 5.69 Å². The maximum Gasteiger partial charge on any atom is 0.267 e. The van der Waals surface area contributed by atoms with Crippen LogP contribution in [0.3, 0.4) is 0 Å². The van der Waals surface area contributed by atoms with Crippen molar-refractivity contribution in [2.45, 2.75) is 32.7 Å². The molecule has 23 heavy (non-hydrogen) atoms. The number of hydrogen-bond donors (Lipinski definition) is 2. The van der Waals surface area contributed by atoms with Crippen LogP contribution in [0.2, 0.25) is 0 Å². The molecule has 0 spiro atoms. The molecule has 1 aromatic heterocycles. The Morgan fingerprint density at radius 1 is 1.13 bits per heavy atom. The molecule has 3 rings (SSSR count). The van der Waals surface area contributed by atoms with Gasteiger partial charge < -0.3 is 10.3 Å². The van der Waals surface area contributed by atoms with Crippen molar-refractivity contribution in [2.75, 3.05) is 0 Å². The number of aryl methyl sites for hydroxylation is 2. The second kappa shape index (κ2) is 6.69. The summed E-state index contributed by atoms with van der Waals surface area (Å²) in [5, 5.41) is 4.15. The molecule has 0 saturated heterocycles. The number of carbonyl (C=O) groups is 1. The van der Waals surface area contributed by atoms with Crippen LogP contribution < -0.4 is 5.32 Å². The number of rotatable bonds is 5. The van der Waals surface area contributed by atoms with Gasteiger partial charge in [0.2, 0.25) is 0 Å². The van der Waals surface area contributed by atoms with Gasteiger partial charge in [-0.05, 0) is 50.5 Å². The fourth-order valence-corrected chi connectivity index (χ4v) is 2.78. The molecule has 3 nitrogen and oxygen atoms in total. The Hall–Kier alpha value is -2.55. The average Bonchev–Trinajstić information content (AvgIpc) is 2.97. The molecule has 2 aromatic carbocycles. The van der Waals surface area contributed by atoms with Crippen LogP contribution in [-0.2, 0) is 6.42 Å². The number of H-pyrrole nitrogens is 1. The number of amides is 1. The molecule has 0 aliphatic heterocycles. The summed E-state index contributed by atoms with van der Waals surface area (Å²) in [5.41, 5.74) is 4.12. The minimum atomic E-state index is -0.0422. The van der Waals surface area contributed by atoms with E-state index in [2.05, 4.69) is 35.4 Å². The van der Waals surface area contributed by atoms with Crippen LogP contribution in [0.25, 0.3) is 10.9 Å². The van der Waals surface area contributed by atoms with Gasteiger partial charge >= 0.3 is 0 Å². The van der Waals surface area contributed by atoms with Gasteiger partial charge in [0.25, 0.3) is 5.91 Å². The molecule has 0 fully saturated rings. The summed E-state index contributed by atoms with van der Waals surface area (Å²) in [6.07, 6.45) is 1.89. The third-order valence-electron chi connectivity index (χ3n) is 4.11. The average molecular weight is 306 g/mol. The zero-order chi connectivity index (χ0) is 16.2. The Kier molecular flexibility index (Phi) is 4.47. The molecular weight excluding hydrogens is 284 g/mol. The fourth-order valence-electron chi connectivity index (χ4n) is 2.78. The van der Waals surface area contributed by atoms with Crippen LogP contribution in [0.5, 0.6) is 0 Å². The molecule has 0 bridgehead atoms. The van der Waals surface area contributed by atoms with Crippen molar-refractivity contribution in [3.05, 3.63) is 71.4 Å². The highest BCUT2D eigenvalue weighted by Crippen LogP contribution is 2.17. The number of fused-ring (bicyclic) bond motifs is 1. The Morgan fingerprint density at radius 2 is 1.91 bits per heavy atom. The lowest BCUT2D eigenvalue weighted by molar-refractivity contribution is 0.0934. The topological polar surface area (TPSA) is 44.9 Å². The highest BCUT2D eigenvalue weighted by molar-refractivity contribution is 5.98. The molecule has 118 valence electrons. The third kappa shape index (κ3) is 3.81. The highest BCUT2D eigenvalue weighted by atomic mass is 16.1. The van der Waals surface area contributed by atoms with Crippen molar-refractivity contribution in [3.8, 4) is 0 Å². The molecule has 0 radical (unpaired) electrons. The summed E-state index contributed by atoms with van der Waals surface area (Å²) in [6.45, 7) is 4.10. The molecule has 0 aliphatic rings. The van der Waals surface area contributed by atoms with Crippen molar-refractivity contribution >= 4 is 16.8 Å². The molecule has 1 heterocycles. The minimum absolute atomic E-state index is 0.0422. The van der Waals surface area contributed by atoms with E-state index in [-0.39, 0.29) is 11.9 Å². The monoisotopic (exact) mass is 306 g/mol. The first-order valence-electron chi connectivity index (χ1n) is 8.06. The van der Waals surface area contributed by atoms with Crippen LogP contribution in [0.4, 0.5) is 0 Å². The summed E-state index contributed by atoms with van der Waals surface area (Å²) in [7, 11) is 0. The van der Waals surface area contributed by atoms with Gasteiger partial charge in [-0.3, -0.25) is 4.79 Å². The standard InChI is InChI=1S/C20H22N2O/c1-14-8-11-18-17(12-14)13-19(22-18)20(23)21-15(2)9-10-16-6-4-3-5-7-16/h3-8,11-13,15,22H,9-10H2,1-2H3,(H,21,23). The summed E-state index contributed by atoms with van der Waals surface area (Å²) in [4.78, 5) is 15.6. The highest BCUT2D eigenvalue weighted by Gasteiger charge is 2.12. The lowest BCUT2D eigenvalue weighted by Gasteiger charge is -2.13. The van der Waals surface area contributed by atoms with Gasteiger partial charge in [-0.15, -0.1) is 0 Å². The molecule has 2 N–H and O–H groups in total. The molecule has 1 amide bonds. The first kappa shape index (κ1) is 15.3. The van der Waals surface area contributed by atoms with Crippen molar-refractivity contribution in [2.24, 2.45) is 0 Å². The van der Waals surface area contributed by atoms with E-state index < -0.39 is 0 Å². The normalized spacial score (nSPS) is 12.3. The predicted molar refractivity (Wildman–Crippen MR) is 94.7 cm³/mol. The van der Waals surface area contributed by atoms with Gasteiger partial charge in [0, 0.05) is 16.9 Å². The largest absolute Gasteiger partial charge is 0.351 e. The van der Waals surface area contributed by atoms with E-state index in [1.165, 1.54) is 11.1 Å². The zero-order valence-corrected chi connectivity index (χ0v) is 13.6. The SMILES string of the molecule is Cc1ccc2[nH]c(C(=O)NC(C)CCc3ccccc3)cc2c1. The van der Waals surface area contributed by atoms with Crippen LogP contribution >= 0.6 is 0 Å². The summed E-state index contributed by atoms with van der Waals surface area (Å²) >= 11 is 0. The first-order chi connectivity index (χ1) is 11.1. The first-order valence-corrected chi connectivity index (χ1v) is 8.06. The molecule has 3 aromatic rings. The second-order valence-corrected chi connectivity index (χ2v) is 6.17. The zero-order valence-electron chi connectivity index (χ0n) is 13.6. The van der Waals surface area contributed by atoms with Crippen LogP contribution in [0.1, 0.15) is 35.0 Å². The van der Waals surface area contributed by atoms with Crippen LogP contribution in [0, 0.1) is 6.92 Å². The van der Waals surface area contributed by atoms with Gasteiger partial charge in [0.1, 0.15) is 5.69 Å². The summed E-state index contributed by atoms with van der Waals surface area (Å²) < 4.78 is 0. The minimum Gasteiger partial charge on any atom is -0.351 e. The number of aromatic nitrogens is 1. The Balaban J connectivity index is 1.61. The fraction of sp³-hybridized carbons (Fsp3) is 0.250. The summed E-state index contributed by atoms with van der Waals surface area (Å²) in [5.74, 6) is -0.0422. The van der Waals surface area contributed by atoms with Crippen molar-refractivity contribution in [3.63, 3.8) is 0 Å². The van der Waals surface area contributed by atoms with E-state index in [0.717, 1.165) is 23.7 Å².